The molecule has 1 rings (SSSR count). The summed E-state index contributed by atoms with van der Waals surface area (Å²) < 4.78 is 13.0. The number of ketones is 1. The Hall–Kier alpha value is -1.38. The van der Waals surface area contributed by atoms with Gasteiger partial charge in [0.05, 0.1) is 0 Å². The summed E-state index contributed by atoms with van der Waals surface area (Å²) in [5.41, 5.74) is 0.197. The van der Waals surface area contributed by atoms with Crippen LogP contribution in [-0.4, -0.2) is 10.9 Å². The molecular weight excluding hydrogens is 159 g/mol. The molecule has 1 atom stereocenters. The fraction of sp³-hybridized carbons (Fsp3) is 0.222. The number of halogens is 1. The minimum absolute atomic E-state index is 0.0311. The smallest absolute Gasteiger partial charge is 0.183 e. The monoisotopic (exact) mass is 168 g/mol. The molecule has 1 aromatic rings. The third-order valence-electron chi connectivity index (χ3n) is 1.52. The van der Waals surface area contributed by atoms with E-state index < -0.39 is 12.0 Å². The van der Waals surface area contributed by atoms with E-state index in [0.29, 0.717) is 0 Å². The molecule has 0 aliphatic carbocycles. The Morgan fingerprint density at radius 2 is 2.25 bits per heavy atom. The summed E-state index contributed by atoms with van der Waals surface area (Å²) in [5.74, 6) is -0.586. The number of hydrogen-bond donors (Lipinski definition) is 1. The molecular formula is C9H9FO2. The van der Waals surface area contributed by atoms with Crippen LogP contribution in [0, 0.1) is 0 Å². The molecule has 0 spiro atoms. The van der Waals surface area contributed by atoms with Gasteiger partial charge in [-0.3, -0.25) is 4.79 Å². The van der Waals surface area contributed by atoms with Crippen molar-refractivity contribution in [3.8, 4) is 5.75 Å². The van der Waals surface area contributed by atoms with Crippen LogP contribution in [0.2, 0.25) is 0 Å². The molecule has 0 bridgehead atoms. The van der Waals surface area contributed by atoms with Crippen LogP contribution in [-0.2, 0) is 4.79 Å². The molecule has 0 amide bonds. The Morgan fingerprint density at radius 1 is 1.58 bits per heavy atom. The topological polar surface area (TPSA) is 37.3 Å². The zero-order valence-electron chi connectivity index (χ0n) is 6.62. The molecule has 2 nitrogen and oxygen atoms in total. The van der Waals surface area contributed by atoms with Crippen LogP contribution in [0.3, 0.4) is 0 Å². The van der Waals surface area contributed by atoms with Gasteiger partial charge in [0.25, 0.3) is 0 Å². The van der Waals surface area contributed by atoms with Gasteiger partial charge in [0.2, 0.25) is 0 Å². The number of benzene rings is 1. The zero-order valence-corrected chi connectivity index (χ0v) is 6.62. The van der Waals surface area contributed by atoms with Gasteiger partial charge in [-0.25, -0.2) is 4.39 Å². The van der Waals surface area contributed by atoms with Crippen LogP contribution < -0.4 is 0 Å². The van der Waals surface area contributed by atoms with Gasteiger partial charge in [-0.15, -0.1) is 0 Å². The van der Waals surface area contributed by atoms with Crippen LogP contribution in [0.1, 0.15) is 18.7 Å². The lowest BCUT2D eigenvalue weighted by Gasteiger charge is -2.03. The summed E-state index contributed by atoms with van der Waals surface area (Å²) in [6.45, 7) is 1.18. The molecule has 1 N–H and O–H groups in total. The highest BCUT2D eigenvalue weighted by Gasteiger charge is 2.14. The molecule has 1 unspecified atom stereocenters. The van der Waals surface area contributed by atoms with Gasteiger partial charge < -0.3 is 5.11 Å². The molecule has 0 aliphatic rings. The van der Waals surface area contributed by atoms with Crippen molar-refractivity contribution in [3.05, 3.63) is 29.8 Å². The first kappa shape index (κ1) is 8.71. The van der Waals surface area contributed by atoms with E-state index in [1.54, 1.807) is 0 Å². The van der Waals surface area contributed by atoms with Gasteiger partial charge in [-0.1, -0.05) is 12.1 Å². The standard InChI is InChI=1S/C9H9FO2/c1-6(11)9(10)7-3-2-4-8(12)5-7/h2-5,9,12H,1H3. The second-order valence-electron chi connectivity index (χ2n) is 2.57. The maximum absolute atomic E-state index is 13.0. The third-order valence-corrected chi connectivity index (χ3v) is 1.52. The summed E-state index contributed by atoms with van der Waals surface area (Å²) in [5, 5.41) is 8.97. The highest BCUT2D eigenvalue weighted by atomic mass is 19.1. The first-order chi connectivity index (χ1) is 5.61. The number of phenols is 1. The molecule has 64 valence electrons. The van der Waals surface area contributed by atoms with Crippen molar-refractivity contribution in [2.45, 2.75) is 13.1 Å². The van der Waals surface area contributed by atoms with Gasteiger partial charge in [-0.05, 0) is 24.6 Å². The molecule has 1 aromatic carbocycles. The lowest BCUT2D eigenvalue weighted by molar-refractivity contribution is -0.121. The van der Waals surface area contributed by atoms with Crippen LogP contribution >= 0.6 is 0 Å². The highest BCUT2D eigenvalue weighted by Crippen LogP contribution is 2.21. The van der Waals surface area contributed by atoms with Gasteiger partial charge >= 0.3 is 0 Å². The maximum atomic E-state index is 13.0. The maximum Gasteiger partial charge on any atom is 0.183 e. The van der Waals surface area contributed by atoms with Gasteiger partial charge in [0, 0.05) is 0 Å². The van der Waals surface area contributed by atoms with E-state index in [1.807, 2.05) is 0 Å². The number of rotatable bonds is 2. The minimum Gasteiger partial charge on any atom is -0.508 e. The van der Waals surface area contributed by atoms with E-state index >= 15 is 0 Å². The molecule has 0 saturated heterocycles. The quantitative estimate of drug-likeness (QED) is 0.733. The van der Waals surface area contributed by atoms with Crippen molar-refractivity contribution in [2.24, 2.45) is 0 Å². The second-order valence-corrected chi connectivity index (χ2v) is 2.57. The molecule has 0 saturated carbocycles. The van der Waals surface area contributed by atoms with Gasteiger partial charge in [-0.2, -0.15) is 0 Å². The first-order valence-electron chi connectivity index (χ1n) is 3.54. The average molecular weight is 168 g/mol. The van der Waals surface area contributed by atoms with E-state index in [9.17, 15) is 9.18 Å². The number of alkyl halides is 1. The van der Waals surface area contributed by atoms with Gasteiger partial charge in [0.15, 0.2) is 12.0 Å². The Kier molecular flexibility index (Phi) is 2.43. The van der Waals surface area contributed by atoms with Crippen LogP contribution in [0.25, 0.3) is 0 Å². The Labute approximate surface area is 69.6 Å². The zero-order chi connectivity index (χ0) is 9.14. The minimum atomic E-state index is -1.63. The van der Waals surface area contributed by atoms with Crippen LogP contribution in [0.4, 0.5) is 4.39 Å². The van der Waals surface area contributed by atoms with Gasteiger partial charge in [0.1, 0.15) is 5.75 Å². The Morgan fingerprint density at radius 3 is 2.75 bits per heavy atom. The number of hydrogen-bond acceptors (Lipinski definition) is 2. The van der Waals surface area contributed by atoms with E-state index in [0.717, 1.165) is 0 Å². The molecule has 0 aromatic heterocycles. The lowest BCUT2D eigenvalue weighted by Crippen LogP contribution is -2.01. The predicted octanol–water partition coefficient (Wildman–Crippen LogP) is 1.99. The Bertz CT molecular complexity index is 296. The largest absolute Gasteiger partial charge is 0.508 e. The molecule has 3 heteroatoms. The number of carbonyl (C=O) groups is 1. The number of carbonyl (C=O) groups excluding carboxylic acids is 1. The molecule has 0 fully saturated rings. The predicted molar refractivity (Wildman–Crippen MR) is 42.6 cm³/mol. The van der Waals surface area contributed by atoms with Crippen molar-refractivity contribution in [2.75, 3.05) is 0 Å². The lowest BCUT2D eigenvalue weighted by atomic mass is 10.1. The molecule has 0 radical (unpaired) electrons. The fourth-order valence-corrected chi connectivity index (χ4v) is 0.917. The van der Waals surface area contributed by atoms with Crippen molar-refractivity contribution in [1.82, 2.24) is 0 Å². The number of phenolic OH excluding ortho intramolecular Hbond substituents is 1. The third kappa shape index (κ3) is 1.81. The molecule has 0 heterocycles. The van der Waals surface area contributed by atoms with E-state index in [4.69, 9.17) is 5.11 Å². The first-order valence-corrected chi connectivity index (χ1v) is 3.54. The summed E-state index contributed by atoms with van der Waals surface area (Å²) in [6.07, 6.45) is -1.63. The van der Waals surface area contributed by atoms with Crippen molar-refractivity contribution < 1.29 is 14.3 Å². The number of Topliss-reactive ketones (excluding diaryl/α,β-unsaturated/α-hetero) is 1. The van der Waals surface area contributed by atoms with Crippen LogP contribution in [0.15, 0.2) is 24.3 Å². The van der Waals surface area contributed by atoms with Crippen molar-refractivity contribution in [1.29, 1.82) is 0 Å². The summed E-state index contributed by atoms with van der Waals surface area (Å²) in [4.78, 5) is 10.6. The van der Waals surface area contributed by atoms with E-state index in [1.165, 1.54) is 31.2 Å². The van der Waals surface area contributed by atoms with Crippen molar-refractivity contribution >= 4 is 5.78 Å². The number of aromatic hydroxyl groups is 1. The Balaban J connectivity index is 2.95. The second kappa shape index (κ2) is 3.34. The summed E-state index contributed by atoms with van der Waals surface area (Å²) >= 11 is 0. The summed E-state index contributed by atoms with van der Waals surface area (Å²) in [7, 11) is 0. The average Bonchev–Trinajstić information content (AvgIpc) is 2.03. The van der Waals surface area contributed by atoms with Crippen LogP contribution in [0.5, 0.6) is 5.75 Å². The SMILES string of the molecule is CC(=O)C(F)c1cccc(O)c1. The normalized spacial score (nSPS) is 12.5. The van der Waals surface area contributed by atoms with Crippen molar-refractivity contribution in [3.63, 3.8) is 0 Å². The fourth-order valence-electron chi connectivity index (χ4n) is 0.917. The van der Waals surface area contributed by atoms with E-state index in [-0.39, 0.29) is 11.3 Å². The highest BCUT2D eigenvalue weighted by molar-refractivity contribution is 5.81. The van der Waals surface area contributed by atoms with E-state index in [2.05, 4.69) is 0 Å². The summed E-state index contributed by atoms with van der Waals surface area (Å²) in [6, 6.07) is 5.63. The molecule has 0 aliphatic heterocycles. The molecule has 12 heavy (non-hydrogen) atoms.